The Morgan fingerprint density at radius 3 is 2.38 bits per heavy atom. The van der Waals surface area contributed by atoms with E-state index in [9.17, 15) is 18.0 Å². The molecule has 0 spiro atoms. The molecular formula is C19H20ClF3N2O4. The molecular weight excluding hydrogens is 413 g/mol. The summed E-state index contributed by atoms with van der Waals surface area (Å²) in [6.07, 6.45) is -6.81. The molecule has 1 heterocycles. The zero-order chi connectivity index (χ0) is 21.4. The van der Waals surface area contributed by atoms with E-state index in [1.54, 1.807) is 0 Å². The predicted molar refractivity (Wildman–Crippen MR) is 99.5 cm³/mol. The second-order valence-electron chi connectivity index (χ2n) is 6.22. The third kappa shape index (κ3) is 8.26. The Morgan fingerprint density at radius 2 is 1.83 bits per heavy atom. The normalized spacial score (nSPS) is 12.7. The molecule has 0 aliphatic heterocycles. The predicted octanol–water partition coefficient (Wildman–Crippen LogP) is 3.63. The number of alkyl halides is 3. The van der Waals surface area contributed by atoms with Crippen molar-refractivity contribution in [2.45, 2.75) is 37.8 Å². The maximum absolute atomic E-state index is 12.7. The van der Waals surface area contributed by atoms with Gasteiger partial charge in [0.2, 0.25) is 0 Å². The average Bonchev–Trinajstić information content (AvgIpc) is 2.65. The number of benzene rings is 1. The number of hydrogen-bond acceptors (Lipinski definition) is 5. The first-order valence-corrected chi connectivity index (χ1v) is 9.11. The number of halogens is 4. The fourth-order valence-corrected chi connectivity index (χ4v) is 2.56. The molecule has 10 heteroatoms. The summed E-state index contributed by atoms with van der Waals surface area (Å²) >= 11 is 5.71. The molecule has 1 aromatic carbocycles. The van der Waals surface area contributed by atoms with Gasteiger partial charge in [-0.15, -0.1) is 0 Å². The van der Waals surface area contributed by atoms with Crippen molar-refractivity contribution < 1.29 is 32.9 Å². The number of aromatic nitrogens is 1. The van der Waals surface area contributed by atoms with Crippen LogP contribution in [0.25, 0.3) is 0 Å². The summed E-state index contributed by atoms with van der Waals surface area (Å²) in [4.78, 5) is 15.9. The first-order valence-electron chi connectivity index (χ1n) is 8.73. The van der Waals surface area contributed by atoms with Crippen molar-refractivity contribution >= 4 is 17.5 Å². The van der Waals surface area contributed by atoms with Crippen molar-refractivity contribution in [3.63, 3.8) is 0 Å². The number of ether oxygens (including phenoxy) is 1. The van der Waals surface area contributed by atoms with Crippen LogP contribution in [0.15, 0.2) is 42.6 Å². The summed E-state index contributed by atoms with van der Waals surface area (Å²) < 4.78 is 43.7. The molecule has 0 bridgehead atoms. The SMILES string of the molecule is O=C(NCCC(O)O)c1ccc(C(CCC(F)(F)F)Oc2ccc(Cl)nc2)cc1. The van der Waals surface area contributed by atoms with Crippen molar-refractivity contribution in [2.24, 2.45) is 0 Å². The topological polar surface area (TPSA) is 91.7 Å². The van der Waals surface area contributed by atoms with Gasteiger partial charge in [-0.05, 0) is 36.2 Å². The number of pyridine rings is 1. The molecule has 0 radical (unpaired) electrons. The molecule has 0 fully saturated rings. The van der Waals surface area contributed by atoms with Crippen molar-refractivity contribution in [1.29, 1.82) is 0 Å². The molecule has 3 N–H and O–H groups in total. The Morgan fingerprint density at radius 1 is 1.14 bits per heavy atom. The number of rotatable bonds is 9. The lowest BCUT2D eigenvalue weighted by Gasteiger charge is -2.20. The number of hydrogen-bond donors (Lipinski definition) is 3. The number of aliphatic hydroxyl groups is 2. The van der Waals surface area contributed by atoms with Gasteiger partial charge in [-0.1, -0.05) is 23.7 Å². The molecule has 2 rings (SSSR count). The van der Waals surface area contributed by atoms with Gasteiger partial charge < -0.3 is 20.3 Å². The molecule has 0 saturated heterocycles. The van der Waals surface area contributed by atoms with E-state index in [0.717, 1.165) is 0 Å². The number of amides is 1. The van der Waals surface area contributed by atoms with Crippen LogP contribution in [0.1, 0.15) is 41.3 Å². The second-order valence-corrected chi connectivity index (χ2v) is 6.61. The Kier molecular flexibility index (Phi) is 8.24. The van der Waals surface area contributed by atoms with Crippen LogP contribution in [0.3, 0.4) is 0 Å². The number of nitrogens with one attached hydrogen (secondary N) is 1. The maximum Gasteiger partial charge on any atom is 0.389 e. The first kappa shape index (κ1) is 22.9. The minimum absolute atomic E-state index is 0.0215. The third-order valence-corrected chi connectivity index (χ3v) is 4.12. The van der Waals surface area contributed by atoms with Gasteiger partial charge in [-0.25, -0.2) is 4.98 Å². The summed E-state index contributed by atoms with van der Waals surface area (Å²) in [5.74, 6) is -0.169. The van der Waals surface area contributed by atoms with E-state index in [2.05, 4.69) is 10.3 Å². The highest BCUT2D eigenvalue weighted by Crippen LogP contribution is 2.31. The van der Waals surface area contributed by atoms with Crippen LogP contribution in [-0.2, 0) is 0 Å². The number of carbonyl (C=O) groups excluding carboxylic acids is 1. The maximum atomic E-state index is 12.7. The molecule has 0 aliphatic carbocycles. The highest BCUT2D eigenvalue weighted by Gasteiger charge is 2.29. The summed E-state index contributed by atoms with van der Waals surface area (Å²) in [7, 11) is 0. The Bertz CT molecular complexity index is 784. The molecule has 1 aromatic heterocycles. The minimum Gasteiger partial charge on any atom is -0.484 e. The lowest BCUT2D eigenvalue weighted by molar-refractivity contribution is -0.139. The summed E-state index contributed by atoms with van der Waals surface area (Å²) in [5, 5.41) is 20.3. The number of carbonyl (C=O) groups is 1. The van der Waals surface area contributed by atoms with Crippen molar-refractivity contribution in [1.82, 2.24) is 10.3 Å². The van der Waals surface area contributed by atoms with Crippen molar-refractivity contribution in [3.8, 4) is 5.75 Å². The summed E-state index contributed by atoms with van der Waals surface area (Å²) in [6, 6.07) is 8.93. The van der Waals surface area contributed by atoms with Gasteiger partial charge in [0, 0.05) is 24.9 Å². The van der Waals surface area contributed by atoms with Gasteiger partial charge in [0.1, 0.15) is 17.0 Å². The van der Waals surface area contributed by atoms with Crippen LogP contribution in [-0.4, -0.2) is 40.1 Å². The third-order valence-electron chi connectivity index (χ3n) is 3.90. The summed E-state index contributed by atoms with van der Waals surface area (Å²) in [5.41, 5.74) is 0.746. The zero-order valence-electron chi connectivity index (χ0n) is 15.2. The smallest absolute Gasteiger partial charge is 0.389 e. The molecule has 29 heavy (non-hydrogen) atoms. The lowest BCUT2D eigenvalue weighted by Crippen LogP contribution is -2.27. The van der Waals surface area contributed by atoms with E-state index in [-0.39, 0.29) is 35.9 Å². The number of nitrogens with zero attached hydrogens (tertiary/aromatic N) is 1. The van der Waals surface area contributed by atoms with Crippen LogP contribution in [0.4, 0.5) is 13.2 Å². The monoisotopic (exact) mass is 432 g/mol. The first-order chi connectivity index (χ1) is 13.6. The van der Waals surface area contributed by atoms with E-state index < -0.39 is 30.9 Å². The van der Waals surface area contributed by atoms with Gasteiger partial charge in [0.25, 0.3) is 5.91 Å². The van der Waals surface area contributed by atoms with Gasteiger partial charge in [0.05, 0.1) is 6.20 Å². The van der Waals surface area contributed by atoms with Gasteiger partial charge >= 0.3 is 6.18 Å². The molecule has 1 amide bonds. The Hall–Kier alpha value is -2.36. The molecule has 1 atom stereocenters. The molecule has 2 aromatic rings. The highest BCUT2D eigenvalue weighted by molar-refractivity contribution is 6.29. The summed E-state index contributed by atoms with van der Waals surface area (Å²) in [6.45, 7) is 0.0686. The van der Waals surface area contributed by atoms with Gasteiger partial charge in [-0.2, -0.15) is 13.2 Å². The fraction of sp³-hybridized carbons (Fsp3) is 0.368. The van der Waals surface area contributed by atoms with Crippen LogP contribution >= 0.6 is 11.6 Å². The molecule has 158 valence electrons. The van der Waals surface area contributed by atoms with Crippen LogP contribution in [0.5, 0.6) is 5.75 Å². The van der Waals surface area contributed by atoms with E-state index >= 15 is 0 Å². The molecule has 1 unspecified atom stereocenters. The van der Waals surface area contributed by atoms with Crippen molar-refractivity contribution in [2.75, 3.05) is 6.54 Å². The Balaban J connectivity index is 2.10. The van der Waals surface area contributed by atoms with Crippen LogP contribution in [0, 0.1) is 0 Å². The average molecular weight is 433 g/mol. The zero-order valence-corrected chi connectivity index (χ0v) is 16.0. The van der Waals surface area contributed by atoms with Gasteiger partial charge in [0.15, 0.2) is 6.29 Å². The van der Waals surface area contributed by atoms with Crippen LogP contribution in [0.2, 0.25) is 5.15 Å². The van der Waals surface area contributed by atoms with E-state index in [4.69, 9.17) is 26.6 Å². The Labute approximate surface area is 170 Å². The second kappa shape index (κ2) is 10.4. The molecule has 6 nitrogen and oxygen atoms in total. The standard InChI is InChI=1S/C19H20ClF3N2O4/c20-16-6-5-14(11-25-16)29-15(7-9-19(21,22)23)12-1-3-13(4-2-12)18(28)24-10-8-17(26)27/h1-6,11,15,17,26-27H,7-10H2,(H,24,28). The fourth-order valence-electron chi connectivity index (χ4n) is 2.45. The lowest BCUT2D eigenvalue weighted by atomic mass is 10.0. The highest BCUT2D eigenvalue weighted by atomic mass is 35.5. The van der Waals surface area contributed by atoms with Crippen molar-refractivity contribution in [3.05, 3.63) is 58.9 Å². The van der Waals surface area contributed by atoms with E-state index in [1.807, 2.05) is 0 Å². The minimum atomic E-state index is -4.34. The largest absolute Gasteiger partial charge is 0.484 e. The molecule has 0 aliphatic rings. The van der Waals surface area contributed by atoms with E-state index in [1.165, 1.54) is 42.6 Å². The van der Waals surface area contributed by atoms with Crippen LogP contribution < -0.4 is 10.1 Å². The van der Waals surface area contributed by atoms with Gasteiger partial charge in [-0.3, -0.25) is 4.79 Å². The van der Waals surface area contributed by atoms with E-state index in [0.29, 0.717) is 5.56 Å². The quantitative estimate of drug-likeness (QED) is 0.416. The molecule has 0 saturated carbocycles. The number of aliphatic hydroxyl groups excluding tert-OH is 1.